The molecular weight excluding hydrogens is 629 g/mol. The molecule has 0 aliphatic heterocycles. The maximum Gasteiger partial charge on any atom is 2.00 e. The van der Waals surface area contributed by atoms with Gasteiger partial charge in [-0.05, 0) is 77.0 Å². The van der Waals surface area contributed by atoms with Gasteiger partial charge in [0.05, 0.1) is 25.0 Å². The van der Waals surface area contributed by atoms with Crippen molar-refractivity contribution in [2.24, 2.45) is 0 Å². The summed E-state index contributed by atoms with van der Waals surface area (Å²) in [5.74, 6) is -2.90. The van der Waals surface area contributed by atoms with E-state index in [0.717, 1.165) is 64.2 Å². The van der Waals surface area contributed by atoms with Crippen LogP contribution >= 0.6 is 0 Å². The third kappa shape index (κ3) is 50.1. The van der Waals surface area contributed by atoms with Crippen LogP contribution in [-0.2, 0) is 19.2 Å². The van der Waals surface area contributed by atoms with Gasteiger partial charge < -0.3 is 30.4 Å². The van der Waals surface area contributed by atoms with Gasteiger partial charge in [-0.15, -0.1) is 0 Å². The molecule has 0 aliphatic carbocycles. The zero-order valence-corrected chi connectivity index (χ0v) is 32.6. The zero-order chi connectivity index (χ0) is 35.8. The molecule has 0 radical (unpaired) electrons. The van der Waals surface area contributed by atoms with Crippen LogP contribution in [0.5, 0.6) is 0 Å². The van der Waals surface area contributed by atoms with Crippen molar-refractivity contribution in [1.82, 2.24) is 10.6 Å². The molecule has 9 heteroatoms. The fraction of sp³-hybridized carbons (Fsp3) is 0.700. The van der Waals surface area contributed by atoms with Gasteiger partial charge >= 0.3 is 23.1 Å². The van der Waals surface area contributed by atoms with E-state index >= 15 is 0 Å². The Labute approximate surface area is 315 Å². The minimum absolute atomic E-state index is 0. The van der Waals surface area contributed by atoms with E-state index in [0.29, 0.717) is 12.8 Å². The van der Waals surface area contributed by atoms with Crippen molar-refractivity contribution in [3.05, 3.63) is 48.6 Å². The van der Waals surface area contributed by atoms with Crippen molar-refractivity contribution in [1.29, 1.82) is 0 Å². The number of carboxylic acid groups (broad SMARTS) is 2. The molecule has 49 heavy (non-hydrogen) atoms. The van der Waals surface area contributed by atoms with Crippen molar-refractivity contribution in [2.75, 3.05) is 13.1 Å². The Morgan fingerprint density at radius 1 is 0.429 bits per heavy atom. The normalized spacial score (nSPS) is 11.1. The maximum atomic E-state index is 11.3. The largest absolute Gasteiger partial charge is 2.00 e. The van der Waals surface area contributed by atoms with Crippen LogP contribution in [0, 0.1) is 0 Å². The second-order valence-corrected chi connectivity index (χ2v) is 12.3. The van der Waals surface area contributed by atoms with Crippen molar-refractivity contribution in [2.45, 2.75) is 168 Å². The van der Waals surface area contributed by atoms with E-state index in [1.807, 2.05) is 0 Å². The molecule has 0 aromatic heterocycles. The number of aliphatic carboxylic acids is 2. The molecule has 0 aromatic carbocycles. The van der Waals surface area contributed by atoms with Gasteiger partial charge in [0.2, 0.25) is 11.8 Å². The fourth-order valence-electron chi connectivity index (χ4n) is 4.71. The van der Waals surface area contributed by atoms with E-state index in [9.17, 15) is 29.4 Å². The van der Waals surface area contributed by atoms with Gasteiger partial charge in [-0.2, -0.15) is 0 Å². The number of hydrogen-bond donors (Lipinski definition) is 2. The van der Waals surface area contributed by atoms with Crippen molar-refractivity contribution < 1.29 is 29.4 Å². The molecule has 0 heterocycles. The van der Waals surface area contributed by atoms with Crippen LogP contribution in [0.25, 0.3) is 0 Å². The van der Waals surface area contributed by atoms with Crippen LogP contribution in [0.2, 0.25) is 0 Å². The number of carbonyl (C=O) groups is 4. The third-order valence-corrected chi connectivity index (χ3v) is 7.57. The molecule has 2 amide bonds. The predicted molar refractivity (Wildman–Crippen MR) is 201 cm³/mol. The van der Waals surface area contributed by atoms with Gasteiger partial charge in [-0.25, -0.2) is 0 Å². The Kier molecular flexibility index (Phi) is 45.4. The molecule has 0 spiro atoms. The first-order valence-electron chi connectivity index (χ1n) is 18.9. The molecule has 0 unspecified atom stereocenters. The summed E-state index contributed by atoms with van der Waals surface area (Å²) in [4.78, 5) is 42.9. The smallest absolute Gasteiger partial charge is 0.548 e. The van der Waals surface area contributed by atoms with Gasteiger partial charge in [-0.3, -0.25) is 9.59 Å². The summed E-state index contributed by atoms with van der Waals surface area (Å²) < 4.78 is 0. The predicted octanol–water partition coefficient (Wildman–Crippen LogP) is 6.95. The van der Waals surface area contributed by atoms with Gasteiger partial charge in [0.15, 0.2) is 0 Å². The van der Waals surface area contributed by atoms with Crippen molar-refractivity contribution in [3.63, 3.8) is 0 Å². The van der Waals surface area contributed by atoms with Crippen molar-refractivity contribution in [3.8, 4) is 0 Å². The Hall–Kier alpha value is -2.39. The molecule has 0 atom stereocenters. The Balaban J connectivity index is -0.000000846. The Morgan fingerprint density at radius 2 is 0.714 bits per heavy atom. The van der Waals surface area contributed by atoms with E-state index in [2.05, 4.69) is 73.1 Å². The van der Waals surface area contributed by atoms with Crippen LogP contribution in [0.15, 0.2) is 48.6 Å². The third-order valence-electron chi connectivity index (χ3n) is 7.57. The van der Waals surface area contributed by atoms with E-state index in [1.165, 1.54) is 77.0 Å². The molecule has 0 bridgehead atoms. The minimum atomic E-state index is -1.25. The number of nitrogens with one attached hydrogen (secondary N) is 2. The van der Waals surface area contributed by atoms with Gasteiger partial charge in [0.25, 0.3) is 0 Å². The van der Waals surface area contributed by atoms with E-state index < -0.39 is 11.9 Å². The molecule has 0 saturated heterocycles. The van der Waals surface area contributed by atoms with E-state index in [-0.39, 0.29) is 48.0 Å². The molecule has 0 rings (SSSR count). The van der Waals surface area contributed by atoms with Crippen LogP contribution in [0.3, 0.4) is 0 Å². The molecule has 0 aromatic rings. The van der Waals surface area contributed by atoms with Crippen LogP contribution in [0.1, 0.15) is 168 Å². The Morgan fingerprint density at radius 3 is 1.02 bits per heavy atom. The first-order chi connectivity index (χ1) is 23.3. The first kappa shape index (κ1) is 51.0. The molecule has 8 nitrogen and oxygen atoms in total. The monoisotopic (exact) mass is 696 g/mol. The second kappa shape index (κ2) is 43.6. The number of unbranched alkanes of at least 4 members (excludes halogenated alkanes) is 16. The van der Waals surface area contributed by atoms with E-state index in [1.54, 1.807) is 0 Å². The van der Waals surface area contributed by atoms with E-state index in [4.69, 9.17) is 0 Å². The molecule has 276 valence electrons. The zero-order valence-electron chi connectivity index (χ0n) is 31.2. The summed E-state index contributed by atoms with van der Waals surface area (Å²) in [5, 5.41) is 25.0. The molecule has 0 aliphatic rings. The van der Waals surface area contributed by atoms with Gasteiger partial charge in [0.1, 0.15) is 0 Å². The molecule has 0 saturated carbocycles. The number of allylic oxidation sites excluding steroid dienone is 8. The fourth-order valence-corrected chi connectivity index (χ4v) is 4.71. The summed E-state index contributed by atoms with van der Waals surface area (Å²) in [6.45, 7) is 3.67. The number of hydrogen-bond acceptors (Lipinski definition) is 6. The first-order valence-corrected chi connectivity index (χ1v) is 18.9. The van der Waals surface area contributed by atoms with Crippen LogP contribution in [-0.4, -0.2) is 59.9 Å². The number of carbonyl (C=O) groups excluding carboxylic acids is 4. The number of amides is 2. The summed E-state index contributed by atoms with van der Waals surface area (Å²) in [6, 6.07) is 0. The van der Waals surface area contributed by atoms with Crippen LogP contribution in [0.4, 0.5) is 0 Å². The van der Waals surface area contributed by atoms with Crippen LogP contribution < -0.4 is 20.8 Å². The SMILES string of the molecule is CCCCC/C=C\C/C=C\CCCCCCCC(=O)NCC(=O)[O-].CCCCC/C=C\C/C=C\CCCCCCCC(=O)NCC(=O)[O-].[Mg+2]. The standard InChI is InChI=1S/2C20H35NO3.Mg/c2*1-2-3-4-5-6-7-8-9-10-11-12-13-14-15-16-17-19(22)21-18-20(23)24;/h2*6-7,9-10H,2-5,8,11-18H2,1H3,(H,21,22)(H,23,24);/q;;+2/p-2/b2*7-6-,10-9-;. The minimum Gasteiger partial charge on any atom is -0.548 e. The summed E-state index contributed by atoms with van der Waals surface area (Å²) in [5.41, 5.74) is 0. The van der Waals surface area contributed by atoms with Crippen molar-refractivity contribution >= 4 is 46.8 Å². The second-order valence-electron chi connectivity index (χ2n) is 12.3. The topological polar surface area (TPSA) is 138 Å². The summed E-state index contributed by atoms with van der Waals surface area (Å²) >= 11 is 0. The number of carboxylic acids is 2. The molecule has 0 fully saturated rings. The molecular formula is C40H68MgN2O6. The van der Waals surface area contributed by atoms with Gasteiger partial charge in [0, 0.05) is 12.8 Å². The summed E-state index contributed by atoms with van der Waals surface area (Å²) in [6.07, 6.45) is 44.0. The maximum absolute atomic E-state index is 11.3. The quantitative estimate of drug-likeness (QED) is 0.0444. The average Bonchev–Trinajstić information content (AvgIpc) is 3.06. The summed E-state index contributed by atoms with van der Waals surface area (Å²) in [7, 11) is 0. The molecule has 2 N–H and O–H groups in total. The Bertz CT molecular complexity index is 829. The van der Waals surface area contributed by atoms with Gasteiger partial charge in [-0.1, -0.05) is 127 Å². The average molecular weight is 697 g/mol. The number of rotatable bonds is 32.